The number of nitriles is 1. The Kier molecular flexibility index (Phi) is 4.73. The van der Waals surface area contributed by atoms with E-state index in [1.54, 1.807) is 37.3 Å². The van der Waals surface area contributed by atoms with Gasteiger partial charge in [0.05, 0.1) is 10.0 Å². The van der Waals surface area contributed by atoms with E-state index in [0.717, 1.165) is 4.90 Å². The van der Waals surface area contributed by atoms with Gasteiger partial charge in [0.1, 0.15) is 23.2 Å². The van der Waals surface area contributed by atoms with Gasteiger partial charge in [0.15, 0.2) is 0 Å². The Balaban J connectivity index is 2.06. The molecule has 0 saturated carbocycles. The van der Waals surface area contributed by atoms with Crippen LogP contribution in [0.5, 0.6) is 0 Å². The average Bonchev–Trinajstić information content (AvgIpc) is 3.08. The molecule has 1 aliphatic heterocycles. The number of carbonyl (C=O) groups excluding carboxylic acids is 2. The van der Waals surface area contributed by atoms with Crippen LogP contribution in [0.1, 0.15) is 12.7 Å². The third kappa shape index (κ3) is 2.94. The highest BCUT2D eigenvalue weighted by Crippen LogP contribution is 2.35. The number of likely N-dealkylation sites (N-methyl/N-ethyl adjacent to an activating group) is 1. The first-order valence-corrected chi connectivity index (χ1v) is 8.30. The number of hydrogen-bond donors (Lipinski definition) is 0. The van der Waals surface area contributed by atoms with Crippen molar-refractivity contribution in [3.63, 3.8) is 0 Å². The van der Waals surface area contributed by atoms with E-state index in [-0.39, 0.29) is 11.1 Å². The van der Waals surface area contributed by atoms with Gasteiger partial charge in [0.2, 0.25) is 0 Å². The molecular formula is C19H12Cl2N2O3. The van der Waals surface area contributed by atoms with Gasteiger partial charge in [-0.15, -0.1) is 0 Å². The zero-order valence-electron chi connectivity index (χ0n) is 13.8. The molecule has 2 aromatic rings. The zero-order valence-corrected chi connectivity index (χ0v) is 15.4. The molecule has 1 aromatic heterocycles. The summed E-state index contributed by atoms with van der Waals surface area (Å²) in [6, 6.07) is 10.4. The predicted molar refractivity (Wildman–Crippen MR) is 98.2 cm³/mol. The van der Waals surface area contributed by atoms with Crippen molar-refractivity contribution >= 4 is 41.1 Å². The molecule has 0 saturated heterocycles. The van der Waals surface area contributed by atoms with Gasteiger partial charge < -0.3 is 4.42 Å². The molecule has 0 unspecified atom stereocenters. The first-order chi connectivity index (χ1) is 12.3. The maximum Gasteiger partial charge on any atom is 0.271 e. The van der Waals surface area contributed by atoms with E-state index in [1.165, 1.54) is 13.1 Å². The number of halogens is 2. The zero-order chi connectivity index (χ0) is 19.0. The number of furan rings is 1. The lowest BCUT2D eigenvalue weighted by Crippen LogP contribution is -2.39. The van der Waals surface area contributed by atoms with Crippen LogP contribution in [0.4, 0.5) is 0 Å². The Morgan fingerprint density at radius 1 is 1.15 bits per heavy atom. The van der Waals surface area contributed by atoms with Crippen LogP contribution in [0.15, 0.2) is 51.5 Å². The molecule has 0 radical (unpaired) electrons. The number of nitrogens with zero attached hydrogens (tertiary/aromatic N) is 2. The number of carbonyl (C=O) groups is 2. The van der Waals surface area contributed by atoms with Crippen molar-refractivity contribution in [2.45, 2.75) is 6.92 Å². The smallest absolute Gasteiger partial charge is 0.271 e. The summed E-state index contributed by atoms with van der Waals surface area (Å²) >= 11 is 12.2. The molecule has 1 aliphatic rings. The fourth-order valence-corrected chi connectivity index (χ4v) is 3.00. The Labute approximate surface area is 159 Å². The molecule has 7 heteroatoms. The molecule has 3 rings (SSSR count). The van der Waals surface area contributed by atoms with Gasteiger partial charge in [-0.2, -0.15) is 5.26 Å². The van der Waals surface area contributed by atoms with Crippen molar-refractivity contribution in [2.24, 2.45) is 0 Å². The van der Waals surface area contributed by atoms with Crippen molar-refractivity contribution in [2.75, 3.05) is 7.05 Å². The third-order valence-electron chi connectivity index (χ3n) is 4.07. The molecule has 0 atom stereocenters. The van der Waals surface area contributed by atoms with Gasteiger partial charge in [-0.3, -0.25) is 14.5 Å². The van der Waals surface area contributed by atoms with E-state index in [0.29, 0.717) is 32.7 Å². The van der Waals surface area contributed by atoms with Crippen LogP contribution in [0.3, 0.4) is 0 Å². The maximum absolute atomic E-state index is 12.4. The highest BCUT2D eigenvalue weighted by atomic mass is 35.5. The molecule has 0 N–H and O–H groups in total. The molecule has 2 heterocycles. The number of amides is 2. The van der Waals surface area contributed by atoms with Gasteiger partial charge in [-0.05, 0) is 42.8 Å². The summed E-state index contributed by atoms with van der Waals surface area (Å²) in [5.74, 6) is -0.235. The lowest BCUT2D eigenvalue weighted by Gasteiger charge is -2.23. The molecular weight excluding hydrogens is 375 g/mol. The first kappa shape index (κ1) is 18.0. The Hall–Kier alpha value is -2.81. The van der Waals surface area contributed by atoms with Crippen molar-refractivity contribution in [3.8, 4) is 17.4 Å². The fraction of sp³-hybridized carbons (Fsp3) is 0.105. The highest BCUT2D eigenvalue weighted by Gasteiger charge is 2.33. The molecule has 0 fully saturated rings. The molecule has 5 nitrogen and oxygen atoms in total. The second kappa shape index (κ2) is 6.83. The molecule has 26 heavy (non-hydrogen) atoms. The Bertz CT molecular complexity index is 1040. The van der Waals surface area contributed by atoms with Crippen LogP contribution in [-0.4, -0.2) is 23.8 Å². The number of hydrogen-bond acceptors (Lipinski definition) is 4. The van der Waals surface area contributed by atoms with Crippen LogP contribution < -0.4 is 0 Å². The van der Waals surface area contributed by atoms with Gasteiger partial charge in [-0.25, -0.2) is 0 Å². The average molecular weight is 387 g/mol. The molecule has 2 amide bonds. The number of rotatable bonds is 2. The summed E-state index contributed by atoms with van der Waals surface area (Å²) in [7, 11) is 1.33. The minimum absolute atomic E-state index is 0.0667. The Morgan fingerprint density at radius 3 is 2.58 bits per heavy atom. The summed E-state index contributed by atoms with van der Waals surface area (Å²) in [4.78, 5) is 25.3. The predicted octanol–water partition coefficient (Wildman–Crippen LogP) is 4.48. The topological polar surface area (TPSA) is 74.3 Å². The molecule has 0 spiro atoms. The van der Waals surface area contributed by atoms with E-state index >= 15 is 0 Å². The third-order valence-corrected chi connectivity index (χ3v) is 4.89. The van der Waals surface area contributed by atoms with E-state index in [4.69, 9.17) is 27.6 Å². The molecule has 130 valence electrons. The standard InChI is InChI=1S/C19H12Cl2N2O3/c1-10-13(18(24)23(2)19(25)14(10)9-22)8-11-6-7-16(26-11)12-4-3-5-15(20)17(12)21/h3-8H,1-2H3/b13-8-. The summed E-state index contributed by atoms with van der Waals surface area (Å²) in [6.45, 7) is 1.56. The second-order valence-electron chi connectivity index (χ2n) is 5.64. The SMILES string of the molecule is CC1=C(C#N)C(=O)N(C)C(=O)/C1=C\c1ccc(-c2cccc(Cl)c2Cl)o1. The summed E-state index contributed by atoms with van der Waals surface area (Å²) in [6.07, 6.45) is 1.50. The normalized spacial score (nSPS) is 16.4. The van der Waals surface area contributed by atoms with Crippen LogP contribution in [0.2, 0.25) is 10.0 Å². The van der Waals surface area contributed by atoms with Crippen molar-refractivity contribution < 1.29 is 14.0 Å². The van der Waals surface area contributed by atoms with Gasteiger partial charge in [-0.1, -0.05) is 29.3 Å². The lowest BCUT2D eigenvalue weighted by molar-refractivity contribution is -0.138. The second-order valence-corrected chi connectivity index (χ2v) is 6.43. The molecule has 1 aromatic carbocycles. The number of benzene rings is 1. The molecule has 0 aliphatic carbocycles. The van der Waals surface area contributed by atoms with E-state index in [9.17, 15) is 14.9 Å². The largest absolute Gasteiger partial charge is 0.457 e. The first-order valence-electron chi connectivity index (χ1n) is 7.54. The fourth-order valence-electron chi connectivity index (χ4n) is 2.61. The quantitative estimate of drug-likeness (QED) is 0.563. The van der Waals surface area contributed by atoms with Crippen LogP contribution >= 0.6 is 23.2 Å². The van der Waals surface area contributed by atoms with Crippen LogP contribution in [0.25, 0.3) is 17.4 Å². The van der Waals surface area contributed by atoms with Crippen LogP contribution in [-0.2, 0) is 9.59 Å². The minimum atomic E-state index is -0.613. The highest BCUT2D eigenvalue weighted by molar-refractivity contribution is 6.43. The number of imide groups is 1. The minimum Gasteiger partial charge on any atom is -0.457 e. The van der Waals surface area contributed by atoms with Crippen LogP contribution in [0, 0.1) is 11.3 Å². The van der Waals surface area contributed by atoms with Crippen molar-refractivity contribution in [1.29, 1.82) is 5.26 Å². The van der Waals surface area contributed by atoms with Gasteiger partial charge in [0.25, 0.3) is 11.8 Å². The maximum atomic E-state index is 12.4. The van der Waals surface area contributed by atoms with E-state index in [2.05, 4.69) is 0 Å². The summed E-state index contributed by atoms with van der Waals surface area (Å²) in [5.41, 5.74) is 1.10. The van der Waals surface area contributed by atoms with Gasteiger partial charge >= 0.3 is 0 Å². The summed E-state index contributed by atoms with van der Waals surface area (Å²) < 4.78 is 5.76. The van der Waals surface area contributed by atoms with Crippen molar-refractivity contribution in [3.05, 3.63) is 62.9 Å². The van der Waals surface area contributed by atoms with E-state index in [1.807, 2.05) is 6.07 Å². The van der Waals surface area contributed by atoms with Crippen molar-refractivity contribution in [1.82, 2.24) is 4.90 Å². The molecule has 0 bridgehead atoms. The summed E-state index contributed by atoms with van der Waals surface area (Å²) in [5, 5.41) is 9.95. The van der Waals surface area contributed by atoms with E-state index < -0.39 is 11.8 Å². The Morgan fingerprint density at radius 2 is 1.88 bits per heavy atom. The van der Waals surface area contributed by atoms with Gasteiger partial charge in [0, 0.05) is 18.2 Å². The lowest BCUT2D eigenvalue weighted by atomic mass is 9.95. The monoisotopic (exact) mass is 386 g/mol.